The van der Waals surface area contributed by atoms with Crippen molar-refractivity contribution in [3.8, 4) is 11.5 Å². The minimum absolute atomic E-state index is 0.00960. The summed E-state index contributed by atoms with van der Waals surface area (Å²) in [7, 11) is 1.59. The van der Waals surface area contributed by atoms with Crippen LogP contribution in [0.15, 0.2) is 37.0 Å². The Balaban J connectivity index is 2.07. The quantitative estimate of drug-likeness (QED) is 0.540. The summed E-state index contributed by atoms with van der Waals surface area (Å²) in [5, 5.41) is 0. The summed E-state index contributed by atoms with van der Waals surface area (Å²) in [5.74, 6) is 1.22. The molecule has 0 fully saturated rings. The van der Waals surface area contributed by atoms with E-state index in [9.17, 15) is 4.79 Å². The molecule has 20 heavy (non-hydrogen) atoms. The maximum absolute atomic E-state index is 12.0. The smallest absolute Gasteiger partial charge is 0.210 e. The molecule has 1 aromatic heterocycles. The standard InChI is InChI=1S/C13H9Br3O3S/c1-18-10-4-8(15)11(5-7(10)14)19-6-9(17)12-2-3-13(16)20-12/h2-5H,6H2,1H3. The average Bonchev–Trinajstić information content (AvgIpc) is 2.85. The van der Waals surface area contributed by atoms with Gasteiger partial charge in [0.25, 0.3) is 0 Å². The van der Waals surface area contributed by atoms with Crippen LogP contribution in [0.3, 0.4) is 0 Å². The lowest BCUT2D eigenvalue weighted by molar-refractivity contribution is 0.0925. The highest BCUT2D eigenvalue weighted by atomic mass is 79.9. The molecule has 0 amide bonds. The molecule has 0 unspecified atom stereocenters. The van der Waals surface area contributed by atoms with Crippen LogP contribution in [0.4, 0.5) is 0 Å². The third kappa shape index (κ3) is 3.84. The van der Waals surface area contributed by atoms with Crippen LogP contribution in [0.1, 0.15) is 9.67 Å². The monoisotopic (exact) mass is 482 g/mol. The number of ketones is 1. The van der Waals surface area contributed by atoms with Crippen molar-refractivity contribution < 1.29 is 14.3 Å². The van der Waals surface area contributed by atoms with Gasteiger partial charge in [0, 0.05) is 0 Å². The predicted octanol–water partition coefficient (Wildman–Crippen LogP) is 5.31. The summed E-state index contributed by atoms with van der Waals surface area (Å²) in [4.78, 5) is 12.6. The fourth-order valence-corrected chi connectivity index (χ4v) is 3.69. The summed E-state index contributed by atoms with van der Waals surface area (Å²) in [6.07, 6.45) is 0. The first kappa shape index (κ1) is 16.0. The lowest BCUT2D eigenvalue weighted by Gasteiger charge is -2.10. The number of ether oxygens (including phenoxy) is 2. The maximum atomic E-state index is 12.0. The lowest BCUT2D eigenvalue weighted by Crippen LogP contribution is -2.10. The zero-order valence-corrected chi connectivity index (χ0v) is 15.9. The summed E-state index contributed by atoms with van der Waals surface area (Å²) >= 11 is 11.5. The van der Waals surface area contributed by atoms with E-state index in [1.807, 2.05) is 6.07 Å². The van der Waals surface area contributed by atoms with Crippen LogP contribution in [-0.2, 0) is 0 Å². The first-order valence-corrected chi connectivity index (χ1v) is 8.65. The summed E-state index contributed by atoms with van der Waals surface area (Å²) in [5.41, 5.74) is 0. The number of thiophene rings is 1. The second kappa shape index (κ2) is 7.06. The number of hydrogen-bond donors (Lipinski definition) is 0. The molecular weight excluding hydrogens is 476 g/mol. The van der Waals surface area contributed by atoms with Gasteiger partial charge in [-0.1, -0.05) is 0 Å². The predicted molar refractivity (Wildman–Crippen MR) is 90.2 cm³/mol. The SMILES string of the molecule is COc1cc(Br)c(OCC(=O)c2ccc(Br)s2)cc1Br. The third-order valence-electron chi connectivity index (χ3n) is 2.41. The van der Waals surface area contributed by atoms with Crippen molar-refractivity contribution in [2.45, 2.75) is 0 Å². The van der Waals surface area contributed by atoms with E-state index in [4.69, 9.17) is 9.47 Å². The molecule has 0 aliphatic rings. The molecule has 1 aromatic carbocycles. The minimum atomic E-state index is -0.0560. The Morgan fingerprint density at radius 2 is 1.80 bits per heavy atom. The van der Waals surface area contributed by atoms with E-state index in [-0.39, 0.29) is 12.4 Å². The van der Waals surface area contributed by atoms with Crippen LogP contribution in [0, 0.1) is 0 Å². The van der Waals surface area contributed by atoms with Crippen molar-refractivity contribution in [2.24, 2.45) is 0 Å². The van der Waals surface area contributed by atoms with Gasteiger partial charge < -0.3 is 9.47 Å². The summed E-state index contributed by atoms with van der Waals surface area (Å²) in [6.45, 7) is -0.00960. The molecule has 0 atom stereocenters. The Morgan fingerprint density at radius 3 is 2.40 bits per heavy atom. The van der Waals surface area contributed by atoms with Crippen LogP contribution < -0.4 is 9.47 Å². The van der Waals surface area contributed by atoms with Crippen LogP contribution in [0.5, 0.6) is 11.5 Å². The molecule has 0 aliphatic heterocycles. The van der Waals surface area contributed by atoms with Crippen molar-refractivity contribution in [2.75, 3.05) is 13.7 Å². The molecule has 0 N–H and O–H groups in total. The number of Topliss-reactive ketones (excluding diaryl/α,β-unsaturated/α-hetero) is 1. The summed E-state index contributed by atoms with van der Waals surface area (Å²) in [6, 6.07) is 7.17. The highest BCUT2D eigenvalue weighted by Crippen LogP contribution is 2.36. The minimum Gasteiger partial charge on any atom is -0.496 e. The molecule has 0 radical (unpaired) electrons. The Labute approximate surface area is 145 Å². The van der Waals surface area contributed by atoms with E-state index in [1.54, 1.807) is 25.3 Å². The molecular formula is C13H9Br3O3S. The molecule has 1 heterocycles. The zero-order chi connectivity index (χ0) is 14.7. The fraction of sp³-hybridized carbons (Fsp3) is 0.154. The molecule has 0 aliphatic carbocycles. The van der Waals surface area contributed by atoms with Crippen molar-refractivity contribution in [1.82, 2.24) is 0 Å². The van der Waals surface area contributed by atoms with Crippen LogP contribution >= 0.6 is 59.1 Å². The first-order chi connectivity index (χ1) is 9.51. The normalized spacial score (nSPS) is 10.4. The topological polar surface area (TPSA) is 35.5 Å². The van der Waals surface area contributed by atoms with Gasteiger partial charge in [-0.3, -0.25) is 4.79 Å². The molecule has 106 valence electrons. The van der Waals surface area contributed by atoms with E-state index >= 15 is 0 Å². The fourth-order valence-electron chi connectivity index (χ4n) is 1.46. The first-order valence-electron chi connectivity index (χ1n) is 5.45. The second-order valence-corrected chi connectivity index (χ2v) is 7.90. The number of hydrogen-bond acceptors (Lipinski definition) is 4. The summed E-state index contributed by atoms with van der Waals surface area (Å²) < 4.78 is 13.2. The third-order valence-corrected chi connectivity index (χ3v) is 5.32. The van der Waals surface area contributed by atoms with Crippen LogP contribution in [0.25, 0.3) is 0 Å². The van der Waals surface area contributed by atoms with Gasteiger partial charge in [0.05, 0.1) is 24.7 Å². The van der Waals surface area contributed by atoms with E-state index in [1.165, 1.54) is 11.3 Å². The van der Waals surface area contributed by atoms with E-state index in [2.05, 4.69) is 47.8 Å². The van der Waals surface area contributed by atoms with Gasteiger partial charge in [0.15, 0.2) is 6.61 Å². The van der Waals surface area contributed by atoms with E-state index < -0.39 is 0 Å². The van der Waals surface area contributed by atoms with Crippen molar-refractivity contribution >= 4 is 64.9 Å². The molecule has 0 saturated carbocycles. The van der Waals surface area contributed by atoms with Gasteiger partial charge >= 0.3 is 0 Å². The van der Waals surface area contributed by atoms with E-state index in [0.717, 1.165) is 12.7 Å². The number of carbonyl (C=O) groups excluding carboxylic acids is 1. The maximum Gasteiger partial charge on any atom is 0.210 e. The number of rotatable bonds is 5. The molecule has 7 heteroatoms. The lowest BCUT2D eigenvalue weighted by atomic mass is 10.3. The van der Waals surface area contributed by atoms with Crippen molar-refractivity contribution in [3.05, 3.63) is 41.9 Å². The van der Waals surface area contributed by atoms with Gasteiger partial charge in [-0.2, -0.15) is 0 Å². The van der Waals surface area contributed by atoms with Crippen LogP contribution in [0.2, 0.25) is 0 Å². The molecule has 0 saturated heterocycles. The Hall–Kier alpha value is -0.370. The molecule has 2 rings (SSSR count). The molecule has 0 bridgehead atoms. The Bertz CT molecular complexity index is 640. The second-order valence-electron chi connectivity index (χ2n) is 3.73. The van der Waals surface area contributed by atoms with Gasteiger partial charge in [0.1, 0.15) is 11.5 Å². The van der Waals surface area contributed by atoms with Gasteiger partial charge in [-0.05, 0) is 72.1 Å². The largest absolute Gasteiger partial charge is 0.496 e. The molecule has 2 aromatic rings. The van der Waals surface area contributed by atoms with Crippen LogP contribution in [-0.4, -0.2) is 19.5 Å². The van der Waals surface area contributed by atoms with E-state index in [0.29, 0.717) is 16.4 Å². The Morgan fingerprint density at radius 1 is 1.15 bits per heavy atom. The highest BCUT2D eigenvalue weighted by Gasteiger charge is 2.12. The van der Waals surface area contributed by atoms with Crippen molar-refractivity contribution in [3.63, 3.8) is 0 Å². The number of benzene rings is 1. The van der Waals surface area contributed by atoms with Gasteiger partial charge in [-0.25, -0.2) is 0 Å². The number of halogens is 3. The van der Waals surface area contributed by atoms with Crippen molar-refractivity contribution in [1.29, 1.82) is 0 Å². The average molecular weight is 485 g/mol. The molecule has 0 spiro atoms. The number of carbonyl (C=O) groups is 1. The Kier molecular flexibility index (Phi) is 5.65. The highest BCUT2D eigenvalue weighted by molar-refractivity contribution is 9.11. The van der Waals surface area contributed by atoms with Gasteiger partial charge in [-0.15, -0.1) is 11.3 Å². The number of methoxy groups -OCH3 is 1. The molecule has 3 nitrogen and oxygen atoms in total. The van der Waals surface area contributed by atoms with Gasteiger partial charge in [0.2, 0.25) is 5.78 Å². The zero-order valence-electron chi connectivity index (χ0n) is 10.3.